The van der Waals surface area contributed by atoms with Gasteiger partial charge in [0.25, 0.3) is 0 Å². The lowest BCUT2D eigenvalue weighted by atomic mass is 9.91. The Labute approximate surface area is 191 Å². The van der Waals surface area contributed by atoms with Crippen LogP contribution in [0.3, 0.4) is 0 Å². The average molecular weight is 447 g/mol. The van der Waals surface area contributed by atoms with E-state index in [2.05, 4.69) is 5.32 Å². The first-order valence-electron chi connectivity index (χ1n) is 12.5. The maximum atomic E-state index is 12.8. The van der Waals surface area contributed by atoms with E-state index in [0.717, 1.165) is 58.4 Å². The number of likely N-dealkylation sites (tertiary alicyclic amines) is 3. The summed E-state index contributed by atoms with van der Waals surface area (Å²) in [5, 5.41) is 3.01. The molecule has 0 aromatic heterocycles. The average Bonchev–Trinajstić information content (AvgIpc) is 3.55. The van der Waals surface area contributed by atoms with Gasteiger partial charge in [-0.25, -0.2) is 0 Å². The van der Waals surface area contributed by atoms with Gasteiger partial charge in [0.15, 0.2) is 0 Å². The highest BCUT2D eigenvalue weighted by atomic mass is 16.2. The second-order valence-corrected chi connectivity index (χ2v) is 10.4. The largest absolute Gasteiger partial charge is 0.356 e. The molecule has 3 aliphatic heterocycles. The Bertz CT molecular complexity index is 722. The van der Waals surface area contributed by atoms with Crippen LogP contribution in [0.5, 0.6) is 0 Å². The Morgan fingerprint density at radius 1 is 0.875 bits per heavy atom. The highest BCUT2D eigenvalue weighted by Crippen LogP contribution is 2.29. The van der Waals surface area contributed by atoms with Gasteiger partial charge in [-0.05, 0) is 56.3 Å². The molecule has 3 heterocycles. The van der Waals surface area contributed by atoms with Gasteiger partial charge in [0.2, 0.25) is 23.6 Å². The Hall–Kier alpha value is -2.12. The number of nitrogens with zero attached hydrogens (tertiary/aromatic N) is 3. The quantitative estimate of drug-likeness (QED) is 0.637. The summed E-state index contributed by atoms with van der Waals surface area (Å²) in [6, 6.07) is 0. The van der Waals surface area contributed by atoms with Crippen LogP contribution in [0, 0.1) is 23.7 Å². The third-order valence-electron chi connectivity index (χ3n) is 7.82. The van der Waals surface area contributed by atoms with Gasteiger partial charge >= 0.3 is 0 Å². The zero-order valence-corrected chi connectivity index (χ0v) is 19.4. The van der Waals surface area contributed by atoms with Crippen molar-refractivity contribution in [3.8, 4) is 0 Å². The summed E-state index contributed by atoms with van der Waals surface area (Å²) >= 11 is 0. The fourth-order valence-corrected chi connectivity index (χ4v) is 5.34. The van der Waals surface area contributed by atoms with E-state index in [-0.39, 0.29) is 29.5 Å². The van der Waals surface area contributed by atoms with Gasteiger partial charge in [0.05, 0.1) is 5.92 Å². The standard InChI is InChI=1S/C24H38N4O4/c1-17(29)26-8-4-18(5-9-26)12-22(30)27-10-6-20(7-11-27)15-28-16-21(13-23(28)31)24(32)25-14-19-2-3-19/h18-21H,2-16H2,1H3,(H,25,32). The van der Waals surface area contributed by atoms with Gasteiger partial charge in [-0.1, -0.05) is 0 Å². The molecule has 0 bridgehead atoms. The second-order valence-electron chi connectivity index (χ2n) is 10.4. The van der Waals surface area contributed by atoms with Gasteiger partial charge < -0.3 is 20.0 Å². The summed E-state index contributed by atoms with van der Waals surface area (Å²) in [5.41, 5.74) is 0. The Kier molecular flexibility index (Phi) is 7.36. The van der Waals surface area contributed by atoms with Crippen molar-refractivity contribution < 1.29 is 19.2 Å². The van der Waals surface area contributed by atoms with Crippen molar-refractivity contribution in [2.75, 3.05) is 45.8 Å². The SMILES string of the molecule is CC(=O)N1CCC(CC(=O)N2CCC(CN3CC(C(=O)NCC4CC4)CC3=O)CC2)CC1. The van der Waals surface area contributed by atoms with Gasteiger partial charge in [-0.3, -0.25) is 19.2 Å². The summed E-state index contributed by atoms with van der Waals surface area (Å²) in [6.45, 7) is 6.63. The highest BCUT2D eigenvalue weighted by molar-refractivity contribution is 5.89. The van der Waals surface area contributed by atoms with Crippen molar-refractivity contribution >= 4 is 23.6 Å². The van der Waals surface area contributed by atoms with Crippen LogP contribution in [-0.4, -0.2) is 84.1 Å². The van der Waals surface area contributed by atoms with Gasteiger partial charge in [-0.15, -0.1) is 0 Å². The van der Waals surface area contributed by atoms with Gasteiger partial charge in [0, 0.05) is 65.6 Å². The monoisotopic (exact) mass is 446 g/mol. The number of amides is 4. The van der Waals surface area contributed by atoms with E-state index in [1.807, 2.05) is 14.7 Å². The molecule has 1 atom stereocenters. The Balaban J connectivity index is 1.15. The first-order chi connectivity index (χ1) is 15.4. The lowest BCUT2D eigenvalue weighted by molar-refractivity contribution is -0.135. The molecular formula is C24H38N4O4. The summed E-state index contributed by atoms with van der Waals surface area (Å²) in [4.78, 5) is 54.7. The normalized spacial score (nSPS) is 25.3. The molecule has 1 unspecified atom stereocenters. The summed E-state index contributed by atoms with van der Waals surface area (Å²) in [7, 11) is 0. The topological polar surface area (TPSA) is 90.0 Å². The van der Waals surface area contributed by atoms with E-state index in [9.17, 15) is 19.2 Å². The van der Waals surface area contributed by atoms with Crippen molar-refractivity contribution in [1.82, 2.24) is 20.0 Å². The number of hydrogen-bond donors (Lipinski definition) is 1. The molecule has 4 aliphatic rings. The summed E-state index contributed by atoms with van der Waals surface area (Å²) in [5.74, 6) is 1.68. The fraction of sp³-hybridized carbons (Fsp3) is 0.833. The predicted molar refractivity (Wildman–Crippen MR) is 119 cm³/mol. The van der Waals surface area contributed by atoms with Gasteiger partial charge in [0.1, 0.15) is 0 Å². The smallest absolute Gasteiger partial charge is 0.225 e. The van der Waals surface area contributed by atoms with E-state index in [0.29, 0.717) is 43.7 Å². The number of carbonyl (C=O) groups excluding carboxylic acids is 4. The first-order valence-corrected chi connectivity index (χ1v) is 12.5. The fourth-order valence-electron chi connectivity index (χ4n) is 5.34. The summed E-state index contributed by atoms with van der Waals surface area (Å²) < 4.78 is 0. The van der Waals surface area contributed by atoms with E-state index < -0.39 is 0 Å². The molecule has 1 N–H and O–H groups in total. The first kappa shape index (κ1) is 23.1. The third kappa shape index (κ3) is 6.01. The number of rotatable bonds is 7. The van der Waals surface area contributed by atoms with Crippen LogP contribution in [-0.2, 0) is 19.2 Å². The molecular weight excluding hydrogens is 408 g/mol. The number of carbonyl (C=O) groups is 4. The number of nitrogens with one attached hydrogen (secondary N) is 1. The molecule has 0 radical (unpaired) electrons. The van der Waals surface area contributed by atoms with E-state index >= 15 is 0 Å². The molecule has 1 aliphatic carbocycles. The highest BCUT2D eigenvalue weighted by Gasteiger charge is 2.36. The third-order valence-corrected chi connectivity index (χ3v) is 7.82. The number of piperidine rings is 2. The molecule has 8 heteroatoms. The predicted octanol–water partition coefficient (Wildman–Crippen LogP) is 1.25. The molecule has 0 spiro atoms. The Morgan fingerprint density at radius 2 is 1.50 bits per heavy atom. The zero-order chi connectivity index (χ0) is 22.7. The van der Waals surface area contributed by atoms with Crippen molar-refractivity contribution in [3.63, 3.8) is 0 Å². The van der Waals surface area contributed by atoms with Crippen LogP contribution in [0.15, 0.2) is 0 Å². The van der Waals surface area contributed by atoms with Crippen LogP contribution in [0.2, 0.25) is 0 Å². The van der Waals surface area contributed by atoms with Crippen LogP contribution >= 0.6 is 0 Å². The van der Waals surface area contributed by atoms with Crippen LogP contribution in [0.25, 0.3) is 0 Å². The minimum Gasteiger partial charge on any atom is -0.356 e. The molecule has 178 valence electrons. The van der Waals surface area contributed by atoms with Crippen molar-refractivity contribution in [1.29, 1.82) is 0 Å². The van der Waals surface area contributed by atoms with E-state index in [1.54, 1.807) is 6.92 Å². The van der Waals surface area contributed by atoms with Crippen molar-refractivity contribution in [3.05, 3.63) is 0 Å². The maximum Gasteiger partial charge on any atom is 0.225 e. The lowest BCUT2D eigenvalue weighted by Gasteiger charge is -2.36. The molecule has 1 saturated carbocycles. The molecule has 3 saturated heterocycles. The van der Waals surface area contributed by atoms with Crippen LogP contribution in [0.4, 0.5) is 0 Å². The van der Waals surface area contributed by atoms with Crippen molar-refractivity contribution in [2.24, 2.45) is 23.7 Å². The molecule has 0 aromatic carbocycles. The minimum absolute atomic E-state index is 0.0299. The Morgan fingerprint density at radius 3 is 2.12 bits per heavy atom. The molecule has 32 heavy (non-hydrogen) atoms. The van der Waals surface area contributed by atoms with Crippen molar-refractivity contribution in [2.45, 2.75) is 58.3 Å². The summed E-state index contributed by atoms with van der Waals surface area (Å²) in [6.07, 6.45) is 6.97. The minimum atomic E-state index is -0.211. The lowest BCUT2D eigenvalue weighted by Crippen LogP contribution is -2.43. The van der Waals surface area contributed by atoms with E-state index in [1.165, 1.54) is 12.8 Å². The second kappa shape index (κ2) is 10.2. The molecule has 4 fully saturated rings. The molecule has 4 amide bonds. The maximum absolute atomic E-state index is 12.8. The molecule has 4 rings (SSSR count). The van der Waals surface area contributed by atoms with Crippen LogP contribution in [0.1, 0.15) is 58.3 Å². The molecule has 8 nitrogen and oxygen atoms in total. The zero-order valence-electron chi connectivity index (χ0n) is 19.4. The van der Waals surface area contributed by atoms with E-state index in [4.69, 9.17) is 0 Å². The molecule has 0 aromatic rings. The van der Waals surface area contributed by atoms with Gasteiger partial charge in [-0.2, -0.15) is 0 Å². The number of hydrogen-bond acceptors (Lipinski definition) is 4. The van der Waals surface area contributed by atoms with Crippen LogP contribution < -0.4 is 5.32 Å².